The molecule has 0 aliphatic carbocycles. The third kappa shape index (κ3) is 2.07. The van der Waals surface area contributed by atoms with Crippen LogP contribution in [0.5, 0.6) is 0 Å². The second-order valence-electron chi connectivity index (χ2n) is 5.44. The standard InChI is InChI=1S/C14H23N/c1-11(2)14(5,13(3,4)15)12-9-7-6-8-10-12/h6-11H,15H2,1-5H3. The van der Waals surface area contributed by atoms with Crippen molar-refractivity contribution in [2.45, 2.75) is 45.6 Å². The highest BCUT2D eigenvalue weighted by Gasteiger charge is 2.41. The van der Waals surface area contributed by atoms with Crippen molar-refractivity contribution in [2.24, 2.45) is 11.7 Å². The van der Waals surface area contributed by atoms with Gasteiger partial charge in [0.15, 0.2) is 0 Å². The fraction of sp³-hybridized carbons (Fsp3) is 0.571. The van der Waals surface area contributed by atoms with Gasteiger partial charge in [0.05, 0.1) is 0 Å². The Morgan fingerprint density at radius 2 is 1.47 bits per heavy atom. The second-order valence-corrected chi connectivity index (χ2v) is 5.44. The first kappa shape index (κ1) is 12.3. The predicted molar refractivity (Wildman–Crippen MR) is 66.9 cm³/mol. The van der Waals surface area contributed by atoms with Gasteiger partial charge >= 0.3 is 0 Å². The Bertz CT molecular complexity index is 308. The Morgan fingerprint density at radius 1 is 1.00 bits per heavy atom. The molecular weight excluding hydrogens is 182 g/mol. The third-order valence-electron chi connectivity index (χ3n) is 3.87. The number of rotatable bonds is 3. The molecule has 1 aromatic rings. The summed E-state index contributed by atoms with van der Waals surface area (Å²) in [5, 5.41) is 0. The fourth-order valence-electron chi connectivity index (χ4n) is 2.23. The van der Waals surface area contributed by atoms with E-state index in [1.54, 1.807) is 0 Å². The van der Waals surface area contributed by atoms with Gasteiger partial charge < -0.3 is 5.73 Å². The molecule has 0 amide bonds. The van der Waals surface area contributed by atoms with E-state index < -0.39 is 0 Å². The van der Waals surface area contributed by atoms with E-state index in [4.69, 9.17) is 5.73 Å². The Morgan fingerprint density at radius 3 is 1.80 bits per heavy atom. The lowest BCUT2D eigenvalue weighted by Crippen LogP contribution is -2.55. The first-order valence-electron chi connectivity index (χ1n) is 5.64. The smallest absolute Gasteiger partial charge is 0.0194 e. The van der Waals surface area contributed by atoms with Gasteiger partial charge in [-0.1, -0.05) is 51.1 Å². The molecule has 0 saturated heterocycles. The van der Waals surface area contributed by atoms with E-state index in [2.05, 4.69) is 58.9 Å². The van der Waals surface area contributed by atoms with Gasteiger partial charge in [-0.3, -0.25) is 0 Å². The van der Waals surface area contributed by atoms with E-state index in [1.807, 2.05) is 6.07 Å². The number of hydrogen-bond donors (Lipinski definition) is 1. The van der Waals surface area contributed by atoms with Gasteiger partial charge in [0, 0.05) is 11.0 Å². The average Bonchev–Trinajstić information content (AvgIpc) is 2.16. The van der Waals surface area contributed by atoms with Crippen molar-refractivity contribution in [1.29, 1.82) is 0 Å². The lowest BCUT2D eigenvalue weighted by atomic mass is 9.62. The van der Waals surface area contributed by atoms with Crippen LogP contribution >= 0.6 is 0 Å². The number of benzene rings is 1. The Kier molecular flexibility index (Phi) is 3.25. The molecule has 1 rings (SSSR count). The molecule has 0 aromatic heterocycles. The zero-order valence-corrected chi connectivity index (χ0v) is 10.5. The molecule has 15 heavy (non-hydrogen) atoms. The maximum atomic E-state index is 6.35. The van der Waals surface area contributed by atoms with Crippen LogP contribution < -0.4 is 5.73 Å². The second kappa shape index (κ2) is 3.97. The number of hydrogen-bond acceptors (Lipinski definition) is 1. The summed E-state index contributed by atoms with van der Waals surface area (Å²) in [4.78, 5) is 0. The summed E-state index contributed by atoms with van der Waals surface area (Å²) in [5.74, 6) is 0.514. The molecule has 0 spiro atoms. The van der Waals surface area contributed by atoms with Crippen LogP contribution in [-0.2, 0) is 5.41 Å². The van der Waals surface area contributed by atoms with Crippen molar-refractivity contribution in [1.82, 2.24) is 0 Å². The topological polar surface area (TPSA) is 26.0 Å². The highest BCUT2D eigenvalue weighted by Crippen LogP contribution is 2.39. The van der Waals surface area contributed by atoms with Crippen LogP contribution in [0.4, 0.5) is 0 Å². The van der Waals surface area contributed by atoms with Crippen LogP contribution in [0.1, 0.15) is 40.2 Å². The fourth-order valence-corrected chi connectivity index (χ4v) is 2.23. The van der Waals surface area contributed by atoms with Crippen molar-refractivity contribution in [3.05, 3.63) is 35.9 Å². The van der Waals surface area contributed by atoms with Gasteiger partial charge in [0.25, 0.3) is 0 Å². The summed E-state index contributed by atoms with van der Waals surface area (Å²) < 4.78 is 0. The molecule has 1 heteroatoms. The molecule has 1 nitrogen and oxygen atoms in total. The molecule has 0 saturated carbocycles. The van der Waals surface area contributed by atoms with E-state index in [-0.39, 0.29) is 11.0 Å². The maximum absolute atomic E-state index is 6.35. The molecule has 1 unspecified atom stereocenters. The summed E-state index contributed by atoms with van der Waals surface area (Å²) in [6.07, 6.45) is 0. The highest BCUT2D eigenvalue weighted by atomic mass is 14.8. The minimum atomic E-state index is -0.220. The summed E-state index contributed by atoms with van der Waals surface area (Å²) >= 11 is 0. The minimum absolute atomic E-state index is 0.00819. The van der Waals surface area contributed by atoms with Crippen molar-refractivity contribution < 1.29 is 0 Å². The Labute approximate surface area is 93.7 Å². The SMILES string of the molecule is CC(C)C(C)(c1ccccc1)C(C)(C)N. The van der Waals surface area contributed by atoms with Gasteiger partial charge in [-0.05, 0) is 25.3 Å². The average molecular weight is 205 g/mol. The van der Waals surface area contributed by atoms with E-state index >= 15 is 0 Å². The van der Waals surface area contributed by atoms with Gasteiger partial charge in [-0.25, -0.2) is 0 Å². The lowest BCUT2D eigenvalue weighted by molar-refractivity contribution is 0.204. The number of nitrogens with two attached hydrogens (primary N) is 1. The third-order valence-corrected chi connectivity index (χ3v) is 3.87. The van der Waals surface area contributed by atoms with Crippen molar-refractivity contribution in [3.8, 4) is 0 Å². The zero-order valence-electron chi connectivity index (χ0n) is 10.5. The quantitative estimate of drug-likeness (QED) is 0.804. The molecule has 0 fully saturated rings. The van der Waals surface area contributed by atoms with Crippen LogP contribution in [0.15, 0.2) is 30.3 Å². The normalized spacial score (nSPS) is 16.5. The first-order chi connectivity index (χ1) is 6.80. The van der Waals surface area contributed by atoms with Crippen molar-refractivity contribution in [3.63, 3.8) is 0 Å². The summed E-state index contributed by atoms with van der Waals surface area (Å²) in [6, 6.07) is 10.6. The van der Waals surface area contributed by atoms with E-state index in [9.17, 15) is 0 Å². The molecule has 1 atom stereocenters. The van der Waals surface area contributed by atoms with Crippen LogP contribution in [0, 0.1) is 5.92 Å². The maximum Gasteiger partial charge on any atom is 0.0194 e. The van der Waals surface area contributed by atoms with E-state index in [0.29, 0.717) is 5.92 Å². The van der Waals surface area contributed by atoms with Crippen LogP contribution in [0.2, 0.25) is 0 Å². The minimum Gasteiger partial charge on any atom is -0.325 e. The Hall–Kier alpha value is -0.820. The largest absolute Gasteiger partial charge is 0.325 e. The summed E-state index contributed by atoms with van der Waals surface area (Å²) in [5.41, 5.74) is 7.46. The lowest BCUT2D eigenvalue weighted by Gasteiger charge is -2.45. The molecule has 1 aromatic carbocycles. The predicted octanol–water partition coefficient (Wildman–Crippen LogP) is 3.34. The first-order valence-corrected chi connectivity index (χ1v) is 5.64. The van der Waals surface area contributed by atoms with Gasteiger partial charge in [0.2, 0.25) is 0 Å². The summed E-state index contributed by atoms with van der Waals surface area (Å²) in [7, 11) is 0. The van der Waals surface area contributed by atoms with Crippen molar-refractivity contribution in [2.75, 3.05) is 0 Å². The summed E-state index contributed by atoms with van der Waals surface area (Å²) in [6.45, 7) is 11.0. The van der Waals surface area contributed by atoms with Gasteiger partial charge in [-0.15, -0.1) is 0 Å². The van der Waals surface area contributed by atoms with Crippen LogP contribution in [0.3, 0.4) is 0 Å². The van der Waals surface area contributed by atoms with E-state index in [1.165, 1.54) is 5.56 Å². The Balaban J connectivity index is 3.26. The molecule has 2 N–H and O–H groups in total. The molecule has 0 aliphatic heterocycles. The molecule has 0 radical (unpaired) electrons. The van der Waals surface area contributed by atoms with Gasteiger partial charge in [-0.2, -0.15) is 0 Å². The molecule has 0 heterocycles. The molecule has 84 valence electrons. The van der Waals surface area contributed by atoms with Crippen molar-refractivity contribution >= 4 is 0 Å². The zero-order chi connectivity index (χ0) is 11.7. The van der Waals surface area contributed by atoms with Crippen LogP contribution in [-0.4, -0.2) is 5.54 Å². The highest BCUT2D eigenvalue weighted by molar-refractivity contribution is 5.29. The van der Waals surface area contributed by atoms with Crippen LogP contribution in [0.25, 0.3) is 0 Å². The van der Waals surface area contributed by atoms with E-state index in [0.717, 1.165) is 0 Å². The molecule has 0 bridgehead atoms. The monoisotopic (exact) mass is 205 g/mol. The van der Waals surface area contributed by atoms with Gasteiger partial charge in [0.1, 0.15) is 0 Å². The molecule has 0 aliphatic rings. The molecular formula is C14H23N.